The van der Waals surface area contributed by atoms with Crippen molar-refractivity contribution in [1.29, 1.82) is 0 Å². The van der Waals surface area contributed by atoms with Gasteiger partial charge in [0.25, 0.3) is 5.91 Å². The van der Waals surface area contributed by atoms with Gasteiger partial charge in [-0.05, 0) is 31.7 Å². The fourth-order valence-electron chi connectivity index (χ4n) is 3.86. The van der Waals surface area contributed by atoms with Gasteiger partial charge in [-0.1, -0.05) is 25.7 Å². The van der Waals surface area contributed by atoms with Gasteiger partial charge in [-0.3, -0.25) is 9.59 Å². The zero-order chi connectivity index (χ0) is 16.1. The molecule has 126 valence electrons. The Morgan fingerprint density at radius 3 is 2.78 bits per heavy atom. The Labute approximate surface area is 137 Å². The van der Waals surface area contributed by atoms with Crippen LogP contribution in [0.4, 0.5) is 0 Å². The standard InChI is InChI=1S/C18H26N2O3/c21-17-15-7-3-4-8-16(15)20(11-6-2-1-5-10-19-17)18(22)14-9-12-23-13-14/h9,12-13,15-16H,1-8,10-11H2,(H,19,21)/t15-,16+/m1/s1. The summed E-state index contributed by atoms with van der Waals surface area (Å²) in [6.07, 6.45) is 11.2. The topological polar surface area (TPSA) is 62.6 Å². The van der Waals surface area contributed by atoms with Gasteiger partial charge in [-0.2, -0.15) is 0 Å². The van der Waals surface area contributed by atoms with Crippen molar-refractivity contribution in [1.82, 2.24) is 10.2 Å². The highest BCUT2D eigenvalue weighted by Crippen LogP contribution is 2.30. The molecule has 1 N–H and O–H groups in total. The quantitative estimate of drug-likeness (QED) is 0.866. The minimum absolute atomic E-state index is 0.00250. The van der Waals surface area contributed by atoms with Crippen molar-refractivity contribution < 1.29 is 14.0 Å². The van der Waals surface area contributed by atoms with E-state index in [1.807, 2.05) is 4.90 Å². The smallest absolute Gasteiger partial charge is 0.257 e. The molecule has 1 saturated heterocycles. The van der Waals surface area contributed by atoms with Crippen LogP contribution in [0.15, 0.2) is 23.0 Å². The van der Waals surface area contributed by atoms with Gasteiger partial charge in [0.2, 0.25) is 5.91 Å². The van der Waals surface area contributed by atoms with E-state index in [4.69, 9.17) is 4.42 Å². The van der Waals surface area contributed by atoms with Gasteiger partial charge < -0.3 is 14.6 Å². The second-order valence-corrected chi connectivity index (χ2v) is 6.67. The second kappa shape index (κ2) is 7.66. The molecule has 1 aromatic rings. The lowest BCUT2D eigenvalue weighted by molar-refractivity contribution is -0.128. The van der Waals surface area contributed by atoms with Crippen LogP contribution in [0.5, 0.6) is 0 Å². The van der Waals surface area contributed by atoms with E-state index in [-0.39, 0.29) is 23.8 Å². The maximum Gasteiger partial charge on any atom is 0.257 e. The van der Waals surface area contributed by atoms with Gasteiger partial charge in [0.05, 0.1) is 17.7 Å². The van der Waals surface area contributed by atoms with Gasteiger partial charge in [0, 0.05) is 19.1 Å². The Kier molecular flexibility index (Phi) is 5.36. The molecule has 1 aliphatic carbocycles. The Hall–Kier alpha value is -1.78. The monoisotopic (exact) mass is 318 g/mol. The normalized spacial score (nSPS) is 26.8. The van der Waals surface area contributed by atoms with Crippen LogP contribution in [-0.4, -0.2) is 35.8 Å². The lowest BCUT2D eigenvalue weighted by Crippen LogP contribution is -2.51. The second-order valence-electron chi connectivity index (χ2n) is 6.67. The van der Waals surface area contributed by atoms with Crippen LogP contribution in [0.2, 0.25) is 0 Å². The molecule has 5 heteroatoms. The molecular weight excluding hydrogens is 292 g/mol. The molecule has 0 radical (unpaired) electrons. The molecule has 2 fully saturated rings. The van der Waals surface area contributed by atoms with Crippen molar-refractivity contribution in [3.05, 3.63) is 24.2 Å². The number of nitrogens with zero attached hydrogens (tertiary/aromatic N) is 1. The first-order valence-electron chi connectivity index (χ1n) is 8.88. The van der Waals surface area contributed by atoms with Crippen molar-refractivity contribution in [2.45, 2.75) is 57.4 Å². The molecule has 23 heavy (non-hydrogen) atoms. The fourth-order valence-corrected chi connectivity index (χ4v) is 3.86. The van der Waals surface area contributed by atoms with E-state index in [1.54, 1.807) is 6.07 Å². The molecule has 5 nitrogen and oxygen atoms in total. The van der Waals surface area contributed by atoms with Gasteiger partial charge in [0.1, 0.15) is 6.26 Å². The van der Waals surface area contributed by atoms with Crippen molar-refractivity contribution in [3.63, 3.8) is 0 Å². The van der Waals surface area contributed by atoms with Crippen LogP contribution in [0.3, 0.4) is 0 Å². The van der Waals surface area contributed by atoms with Crippen LogP contribution in [0, 0.1) is 5.92 Å². The summed E-state index contributed by atoms with van der Waals surface area (Å²) < 4.78 is 5.08. The van der Waals surface area contributed by atoms with E-state index in [0.29, 0.717) is 5.56 Å². The molecule has 2 amide bonds. The summed E-state index contributed by atoms with van der Waals surface area (Å²) in [5.74, 6) is 0.0574. The minimum Gasteiger partial charge on any atom is -0.472 e. The molecule has 1 aliphatic heterocycles. The highest BCUT2D eigenvalue weighted by Gasteiger charge is 2.37. The number of hydrogen-bond acceptors (Lipinski definition) is 3. The Balaban J connectivity index is 1.85. The lowest BCUT2D eigenvalue weighted by Gasteiger charge is -2.39. The fraction of sp³-hybridized carbons (Fsp3) is 0.667. The first-order valence-corrected chi connectivity index (χ1v) is 8.88. The summed E-state index contributed by atoms with van der Waals surface area (Å²) in [6, 6.07) is 1.73. The molecule has 0 unspecified atom stereocenters. The van der Waals surface area contributed by atoms with Crippen molar-refractivity contribution in [2.75, 3.05) is 13.1 Å². The van der Waals surface area contributed by atoms with Gasteiger partial charge in [-0.15, -0.1) is 0 Å². The molecule has 2 atom stereocenters. The van der Waals surface area contributed by atoms with Crippen LogP contribution in [0.1, 0.15) is 61.7 Å². The number of rotatable bonds is 1. The minimum atomic E-state index is -0.0716. The lowest BCUT2D eigenvalue weighted by atomic mass is 9.82. The summed E-state index contributed by atoms with van der Waals surface area (Å²) in [6.45, 7) is 1.50. The number of carbonyl (C=O) groups is 2. The molecular formula is C18H26N2O3. The van der Waals surface area contributed by atoms with Gasteiger partial charge in [-0.25, -0.2) is 0 Å². The third-order valence-corrected chi connectivity index (χ3v) is 5.12. The van der Waals surface area contributed by atoms with E-state index < -0.39 is 0 Å². The number of furan rings is 1. The van der Waals surface area contributed by atoms with Crippen LogP contribution >= 0.6 is 0 Å². The summed E-state index contributed by atoms with van der Waals surface area (Å²) >= 11 is 0. The molecule has 0 aromatic carbocycles. The predicted molar refractivity (Wildman–Crippen MR) is 87.0 cm³/mol. The molecule has 2 aliphatic rings. The highest BCUT2D eigenvalue weighted by atomic mass is 16.3. The van der Waals surface area contributed by atoms with Crippen LogP contribution in [-0.2, 0) is 4.79 Å². The third kappa shape index (κ3) is 3.77. The Morgan fingerprint density at radius 1 is 1.13 bits per heavy atom. The molecule has 3 rings (SSSR count). The van der Waals surface area contributed by atoms with E-state index in [0.717, 1.165) is 64.5 Å². The molecule has 1 aromatic heterocycles. The van der Waals surface area contributed by atoms with Gasteiger partial charge >= 0.3 is 0 Å². The van der Waals surface area contributed by atoms with Crippen LogP contribution < -0.4 is 5.32 Å². The summed E-state index contributed by atoms with van der Waals surface area (Å²) in [5, 5.41) is 3.08. The summed E-state index contributed by atoms with van der Waals surface area (Å²) in [4.78, 5) is 27.4. The average molecular weight is 318 g/mol. The maximum atomic E-state index is 12.9. The summed E-state index contributed by atoms with van der Waals surface area (Å²) in [5.41, 5.74) is 0.588. The first-order chi connectivity index (χ1) is 11.3. The van der Waals surface area contributed by atoms with Crippen molar-refractivity contribution >= 4 is 11.8 Å². The van der Waals surface area contributed by atoms with E-state index in [1.165, 1.54) is 12.5 Å². The van der Waals surface area contributed by atoms with Crippen molar-refractivity contribution in [3.8, 4) is 0 Å². The van der Waals surface area contributed by atoms with E-state index in [2.05, 4.69) is 5.32 Å². The average Bonchev–Trinajstić information content (AvgIpc) is 3.10. The maximum absolute atomic E-state index is 12.9. The Morgan fingerprint density at radius 2 is 1.96 bits per heavy atom. The number of fused-ring (bicyclic) bond motifs is 1. The van der Waals surface area contributed by atoms with E-state index in [9.17, 15) is 9.59 Å². The zero-order valence-electron chi connectivity index (χ0n) is 13.6. The van der Waals surface area contributed by atoms with Crippen LogP contribution in [0.25, 0.3) is 0 Å². The SMILES string of the molecule is O=C1NCCCCCCN(C(=O)c2ccoc2)[C@H]2CCCC[C@@H]12. The third-order valence-electron chi connectivity index (χ3n) is 5.12. The summed E-state index contributed by atoms with van der Waals surface area (Å²) in [7, 11) is 0. The van der Waals surface area contributed by atoms with E-state index >= 15 is 0 Å². The largest absolute Gasteiger partial charge is 0.472 e. The zero-order valence-corrected chi connectivity index (χ0v) is 13.6. The first kappa shape index (κ1) is 16.1. The Bertz CT molecular complexity index is 526. The van der Waals surface area contributed by atoms with Gasteiger partial charge in [0.15, 0.2) is 0 Å². The number of hydrogen-bond donors (Lipinski definition) is 1. The molecule has 2 heterocycles. The number of nitrogens with one attached hydrogen (secondary N) is 1. The number of amides is 2. The molecule has 0 bridgehead atoms. The molecule has 0 spiro atoms. The van der Waals surface area contributed by atoms with Crippen molar-refractivity contribution in [2.24, 2.45) is 5.92 Å². The molecule has 1 saturated carbocycles. The number of carbonyl (C=O) groups excluding carboxylic acids is 2. The predicted octanol–water partition coefficient (Wildman–Crippen LogP) is 2.97. The highest BCUT2D eigenvalue weighted by molar-refractivity contribution is 5.94.